The third-order valence-corrected chi connectivity index (χ3v) is 3.94. The van der Waals surface area contributed by atoms with Gasteiger partial charge >= 0.3 is 24.9 Å². The van der Waals surface area contributed by atoms with Crippen LogP contribution in [0.5, 0.6) is 0 Å². The zero-order chi connectivity index (χ0) is 19.5. The number of rotatable bonds is 12. The van der Waals surface area contributed by atoms with Crippen molar-refractivity contribution in [1.82, 2.24) is 0 Å². The molecule has 8 heteroatoms. The Morgan fingerprint density at radius 3 is 1.04 bits per heavy atom. The van der Waals surface area contributed by atoms with Crippen LogP contribution in [-0.2, 0) is 13.6 Å². The van der Waals surface area contributed by atoms with Gasteiger partial charge in [0.25, 0.3) is 0 Å². The van der Waals surface area contributed by atoms with Crippen LogP contribution in [-0.4, -0.2) is 69.9 Å². The van der Waals surface area contributed by atoms with Gasteiger partial charge in [0.15, 0.2) is 0 Å². The van der Waals surface area contributed by atoms with E-state index in [1.165, 1.54) is 82.0 Å². The zero-order valence-electron chi connectivity index (χ0n) is 16.1. The molecule has 0 aliphatic heterocycles. The average molecular weight is 380 g/mol. The molecule has 144 valence electrons. The van der Waals surface area contributed by atoms with Crippen LogP contribution in [0.4, 0.5) is 0 Å². The van der Waals surface area contributed by atoms with Crippen molar-refractivity contribution < 1.29 is 25.2 Å². The molecule has 0 heterocycles. The van der Waals surface area contributed by atoms with Crippen molar-refractivity contribution in [3.63, 3.8) is 0 Å². The van der Waals surface area contributed by atoms with Gasteiger partial charge in [0, 0.05) is 0 Å². The summed E-state index contributed by atoms with van der Waals surface area (Å²) in [6.45, 7) is 15.0. The standard InChI is InChI=1S/C16H36N.Mg.H2O4S.O/c1-5-9-13-17(14-10-6-2,15-11-7-3)16-12-8-4;;1-5(2,3)4;/h5-16H2,1-4H3;;(H2,1,2,3,4);/q+1;;;/p-1. The molecule has 0 aromatic carbocycles. The Labute approximate surface area is 162 Å². The minimum absolute atomic E-state index is 0.611. The van der Waals surface area contributed by atoms with E-state index in [-0.39, 0.29) is 0 Å². The van der Waals surface area contributed by atoms with Gasteiger partial charge in [-0.1, -0.05) is 53.4 Å². The van der Waals surface area contributed by atoms with Crippen molar-refractivity contribution in [2.75, 3.05) is 26.2 Å². The van der Waals surface area contributed by atoms with Crippen LogP contribution in [0.15, 0.2) is 0 Å². The van der Waals surface area contributed by atoms with E-state index in [0.717, 1.165) is 0 Å². The molecule has 0 atom stereocenters. The van der Waals surface area contributed by atoms with Crippen LogP contribution in [0.25, 0.3) is 0 Å². The Hall–Kier alpha value is 0.396. The maximum atomic E-state index is 8.63. The summed E-state index contributed by atoms with van der Waals surface area (Å²) < 4.78 is 42.5. The molecule has 0 rings (SSSR count). The second kappa shape index (κ2) is 19.7. The normalized spacial score (nSPS) is 11.2. The molecule has 0 fully saturated rings. The van der Waals surface area contributed by atoms with Gasteiger partial charge in [0.05, 0.1) is 26.2 Å². The summed E-state index contributed by atoms with van der Waals surface area (Å²) in [6, 6.07) is 0. The Morgan fingerprint density at radius 1 is 0.750 bits per heavy atom. The van der Waals surface area contributed by atoms with Crippen LogP contribution < -0.4 is 0 Å². The molecule has 0 aliphatic carbocycles. The van der Waals surface area contributed by atoms with Gasteiger partial charge < -0.3 is 9.04 Å². The van der Waals surface area contributed by atoms with E-state index in [9.17, 15) is 0 Å². The molecular formula is C16H37MgNO5S. The van der Waals surface area contributed by atoms with Crippen molar-refractivity contribution in [2.45, 2.75) is 79.1 Å². The first kappa shape index (κ1) is 29.2. The van der Waals surface area contributed by atoms with Gasteiger partial charge in [-0.2, -0.15) is 0 Å². The van der Waals surface area contributed by atoms with Gasteiger partial charge in [-0.05, 0) is 25.7 Å². The minimum atomic E-state index is -4.92. The summed E-state index contributed by atoms with van der Waals surface area (Å²) in [7, 11) is -4.92. The van der Waals surface area contributed by atoms with Crippen molar-refractivity contribution in [3.8, 4) is 0 Å². The predicted molar refractivity (Wildman–Crippen MR) is 98.1 cm³/mol. The average Bonchev–Trinajstić information content (AvgIpc) is 2.54. The first-order chi connectivity index (χ1) is 11.2. The molecule has 24 heavy (non-hydrogen) atoms. The van der Waals surface area contributed by atoms with E-state index in [1.54, 1.807) is 0 Å². The molecule has 6 nitrogen and oxygen atoms in total. The second-order valence-electron chi connectivity index (χ2n) is 6.08. The van der Waals surface area contributed by atoms with Gasteiger partial charge in [0.2, 0.25) is 10.4 Å². The molecule has 0 bridgehead atoms. The Kier molecular flexibility index (Phi) is 24.0. The topological polar surface area (TPSA) is 94.5 Å². The monoisotopic (exact) mass is 379 g/mol. The van der Waals surface area contributed by atoms with Crippen LogP contribution in [0, 0.1) is 0 Å². The van der Waals surface area contributed by atoms with E-state index >= 15 is 0 Å². The van der Waals surface area contributed by atoms with Gasteiger partial charge in [-0.3, -0.25) is 4.55 Å². The fourth-order valence-electron chi connectivity index (χ4n) is 2.64. The number of unbranched alkanes of at least 4 members (excludes halogenated alkanes) is 4. The van der Waals surface area contributed by atoms with Crippen LogP contribution in [0.1, 0.15) is 79.1 Å². The third kappa shape index (κ3) is 24.6. The molecule has 0 amide bonds. The van der Waals surface area contributed by atoms with Gasteiger partial charge in [-0.15, -0.1) is 0 Å². The van der Waals surface area contributed by atoms with Crippen LogP contribution in [0.2, 0.25) is 0 Å². The molecule has 0 radical (unpaired) electrons. The number of quaternary nitrogens is 1. The SMILES string of the molecule is CCCC[N+](CCCC)(CCCC)CCCC.O=S(=O)([O-])O.[O]=[Mg]. The molecule has 0 aromatic rings. The summed E-state index contributed by atoms with van der Waals surface area (Å²) >= 11 is 0.611. The fraction of sp³-hybridized carbons (Fsp3) is 1.00. The summed E-state index contributed by atoms with van der Waals surface area (Å²) in [5.74, 6) is 0. The van der Waals surface area contributed by atoms with Crippen LogP contribution >= 0.6 is 0 Å². The molecule has 0 aliphatic rings. The molecule has 0 spiro atoms. The first-order valence-electron chi connectivity index (χ1n) is 9.06. The van der Waals surface area contributed by atoms with Gasteiger partial charge in [-0.25, -0.2) is 8.42 Å². The number of nitrogens with zero attached hydrogens (tertiary/aromatic N) is 1. The molecule has 0 aromatic heterocycles. The summed E-state index contributed by atoms with van der Waals surface area (Å²) in [4.78, 5) is 0. The van der Waals surface area contributed by atoms with Crippen LogP contribution in [0.3, 0.4) is 0 Å². The third-order valence-electron chi connectivity index (χ3n) is 3.94. The van der Waals surface area contributed by atoms with E-state index in [2.05, 4.69) is 27.7 Å². The van der Waals surface area contributed by atoms with Crippen molar-refractivity contribution in [1.29, 1.82) is 0 Å². The van der Waals surface area contributed by atoms with Crippen molar-refractivity contribution in [3.05, 3.63) is 0 Å². The first-order valence-corrected chi connectivity index (χ1v) is 11.0. The Balaban J connectivity index is -0.000000534. The van der Waals surface area contributed by atoms with E-state index < -0.39 is 10.4 Å². The Bertz CT molecular complexity index is 307. The van der Waals surface area contributed by atoms with E-state index in [4.69, 9.17) is 20.7 Å². The van der Waals surface area contributed by atoms with Crippen molar-refractivity contribution >= 4 is 32.1 Å². The van der Waals surface area contributed by atoms with Gasteiger partial charge in [0.1, 0.15) is 0 Å². The van der Waals surface area contributed by atoms with Crippen molar-refractivity contribution in [2.24, 2.45) is 0 Å². The molecule has 0 saturated heterocycles. The quantitative estimate of drug-likeness (QED) is 0.242. The second-order valence-corrected chi connectivity index (χ2v) is 6.93. The summed E-state index contributed by atoms with van der Waals surface area (Å²) in [5, 5.41) is 0. The Morgan fingerprint density at radius 2 is 0.917 bits per heavy atom. The fourth-order valence-corrected chi connectivity index (χ4v) is 2.64. The van der Waals surface area contributed by atoms with E-state index in [1.807, 2.05) is 0 Å². The molecule has 1 N–H and O–H groups in total. The maximum absolute atomic E-state index is 8.63. The molecule has 0 unspecified atom stereocenters. The summed E-state index contributed by atoms with van der Waals surface area (Å²) in [6.07, 6.45) is 11.1. The predicted octanol–water partition coefficient (Wildman–Crippen LogP) is 3.51. The zero-order valence-corrected chi connectivity index (χ0v) is 18.4. The number of hydrogen-bond donors (Lipinski definition) is 1. The van der Waals surface area contributed by atoms with E-state index in [0.29, 0.717) is 21.7 Å². The molecule has 0 saturated carbocycles. The number of hydrogen-bond acceptors (Lipinski definition) is 4. The summed E-state index contributed by atoms with van der Waals surface area (Å²) in [5.41, 5.74) is 0. The molecular weight excluding hydrogens is 343 g/mol.